The first-order valence-electron chi connectivity index (χ1n) is 7.34. The molecule has 1 aliphatic carbocycles. The Labute approximate surface area is 114 Å². The Balaban J connectivity index is 1.76. The van der Waals surface area contributed by atoms with Gasteiger partial charge in [0.2, 0.25) is 0 Å². The van der Waals surface area contributed by atoms with E-state index in [1.165, 1.54) is 25.7 Å². The van der Waals surface area contributed by atoms with E-state index < -0.39 is 0 Å². The lowest BCUT2D eigenvalue weighted by Gasteiger charge is -2.41. The van der Waals surface area contributed by atoms with E-state index in [4.69, 9.17) is 10.6 Å². The Morgan fingerprint density at radius 3 is 2.89 bits per heavy atom. The number of ether oxygens (including phenoxy) is 1. The van der Waals surface area contributed by atoms with Gasteiger partial charge in [0.05, 0.1) is 17.3 Å². The van der Waals surface area contributed by atoms with Gasteiger partial charge in [-0.25, -0.2) is 0 Å². The zero-order valence-electron chi connectivity index (χ0n) is 11.3. The van der Waals surface area contributed by atoms with Crippen LogP contribution in [0, 0.1) is 5.92 Å². The molecule has 2 fully saturated rings. The van der Waals surface area contributed by atoms with Crippen molar-refractivity contribution in [2.45, 2.75) is 50.2 Å². The maximum absolute atomic E-state index is 6.10. The topological polar surface area (TPSA) is 60.2 Å². The van der Waals surface area contributed by atoms with Crippen molar-refractivity contribution in [2.24, 2.45) is 11.8 Å². The van der Waals surface area contributed by atoms with E-state index in [0.717, 1.165) is 25.1 Å². The third-order valence-corrected chi connectivity index (χ3v) is 4.70. The summed E-state index contributed by atoms with van der Waals surface area (Å²) in [5.41, 5.74) is 4.15. The lowest BCUT2D eigenvalue weighted by Crippen LogP contribution is -2.43. The maximum Gasteiger partial charge on any atom is 0.0686 e. The molecule has 1 aromatic rings. The van der Waals surface area contributed by atoms with Gasteiger partial charge in [0.1, 0.15) is 0 Å². The lowest BCUT2D eigenvalue weighted by molar-refractivity contribution is -0.0984. The highest BCUT2D eigenvalue weighted by atomic mass is 16.5. The first-order chi connectivity index (χ1) is 9.33. The minimum absolute atomic E-state index is 0.132. The molecule has 1 saturated heterocycles. The predicted octanol–water partition coefficient (Wildman–Crippen LogP) is 2.33. The van der Waals surface area contributed by atoms with Crippen LogP contribution in [0.1, 0.15) is 50.3 Å². The van der Waals surface area contributed by atoms with Crippen LogP contribution in [0.3, 0.4) is 0 Å². The minimum atomic E-state index is 0.132. The monoisotopic (exact) mass is 261 g/mol. The van der Waals surface area contributed by atoms with Gasteiger partial charge in [0.15, 0.2) is 0 Å². The quantitative estimate of drug-likeness (QED) is 0.647. The summed E-state index contributed by atoms with van der Waals surface area (Å²) >= 11 is 0. The van der Waals surface area contributed by atoms with Crippen molar-refractivity contribution in [1.82, 2.24) is 10.4 Å². The predicted molar refractivity (Wildman–Crippen MR) is 74.2 cm³/mol. The molecule has 0 bridgehead atoms. The molecule has 2 aliphatic rings. The van der Waals surface area contributed by atoms with Gasteiger partial charge in [-0.1, -0.05) is 18.9 Å². The zero-order chi connectivity index (χ0) is 13.1. The fourth-order valence-electron chi connectivity index (χ4n) is 3.74. The van der Waals surface area contributed by atoms with Crippen molar-refractivity contribution >= 4 is 0 Å². The van der Waals surface area contributed by atoms with Crippen molar-refractivity contribution in [3.8, 4) is 0 Å². The standard InChI is InChI=1S/C15H23N3O/c16-18-14(13-5-1-4-9-17-13)12-6-10-19-15(11-12)7-2-3-8-15/h1,4-5,9,12,14,18H,2-3,6-8,10-11,16H2. The van der Waals surface area contributed by atoms with E-state index >= 15 is 0 Å². The Morgan fingerprint density at radius 2 is 2.21 bits per heavy atom. The Morgan fingerprint density at radius 1 is 1.37 bits per heavy atom. The average molecular weight is 261 g/mol. The largest absolute Gasteiger partial charge is 0.375 e. The molecule has 4 heteroatoms. The molecular formula is C15H23N3O. The molecule has 1 spiro atoms. The minimum Gasteiger partial charge on any atom is -0.375 e. The summed E-state index contributed by atoms with van der Waals surface area (Å²) in [7, 11) is 0. The summed E-state index contributed by atoms with van der Waals surface area (Å²) in [6.07, 6.45) is 9.04. The number of nitrogens with one attached hydrogen (secondary N) is 1. The first kappa shape index (κ1) is 13.0. The molecule has 2 unspecified atom stereocenters. The van der Waals surface area contributed by atoms with Crippen LogP contribution in [0.15, 0.2) is 24.4 Å². The number of aromatic nitrogens is 1. The number of hydrogen-bond donors (Lipinski definition) is 2. The molecule has 4 nitrogen and oxygen atoms in total. The van der Waals surface area contributed by atoms with Gasteiger partial charge in [0.25, 0.3) is 0 Å². The molecule has 2 atom stereocenters. The smallest absolute Gasteiger partial charge is 0.0686 e. The number of pyridine rings is 1. The summed E-state index contributed by atoms with van der Waals surface area (Å²) in [4.78, 5) is 4.46. The first-order valence-corrected chi connectivity index (χ1v) is 7.34. The Bertz CT molecular complexity index is 403. The third-order valence-electron chi connectivity index (χ3n) is 4.70. The number of hydrogen-bond acceptors (Lipinski definition) is 4. The van der Waals surface area contributed by atoms with E-state index in [2.05, 4.69) is 16.5 Å². The van der Waals surface area contributed by atoms with Crippen LogP contribution in [0.25, 0.3) is 0 Å². The van der Waals surface area contributed by atoms with Gasteiger partial charge < -0.3 is 4.74 Å². The molecule has 1 saturated carbocycles. The number of nitrogens with two attached hydrogens (primary N) is 1. The van der Waals surface area contributed by atoms with Crippen molar-refractivity contribution in [3.05, 3.63) is 30.1 Å². The summed E-state index contributed by atoms with van der Waals surface area (Å²) in [5.74, 6) is 6.31. The molecule has 3 rings (SSSR count). The summed E-state index contributed by atoms with van der Waals surface area (Å²) < 4.78 is 6.10. The molecule has 19 heavy (non-hydrogen) atoms. The normalized spacial score (nSPS) is 27.5. The van der Waals surface area contributed by atoms with Crippen LogP contribution < -0.4 is 11.3 Å². The van der Waals surface area contributed by atoms with Crippen LogP contribution in [-0.2, 0) is 4.74 Å². The van der Waals surface area contributed by atoms with Crippen LogP contribution in [0.2, 0.25) is 0 Å². The van der Waals surface area contributed by atoms with E-state index in [1.807, 2.05) is 18.3 Å². The SMILES string of the molecule is NNC(c1ccccn1)C1CCOC2(CCCC2)C1. The van der Waals surface area contributed by atoms with Crippen molar-refractivity contribution in [1.29, 1.82) is 0 Å². The Kier molecular flexibility index (Phi) is 3.82. The fraction of sp³-hybridized carbons (Fsp3) is 0.667. The number of rotatable bonds is 3. The molecular weight excluding hydrogens is 238 g/mol. The van der Waals surface area contributed by atoms with E-state index in [1.54, 1.807) is 0 Å². The Hall–Kier alpha value is -0.970. The molecule has 0 radical (unpaired) electrons. The molecule has 3 N–H and O–H groups in total. The molecule has 1 aromatic heterocycles. The summed E-state index contributed by atoms with van der Waals surface area (Å²) in [6, 6.07) is 6.17. The van der Waals surface area contributed by atoms with Gasteiger partial charge in [0, 0.05) is 12.8 Å². The molecule has 0 amide bonds. The van der Waals surface area contributed by atoms with E-state index in [-0.39, 0.29) is 11.6 Å². The third kappa shape index (κ3) is 2.66. The van der Waals surface area contributed by atoms with Crippen molar-refractivity contribution in [2.75, 3.05) is 6.61 Å². The fourth-order valence-corrected chi connectivity index (χ4v) is 3.74. The highest BCUT2D eigenvalue weighted by Gasteiger charge is 2.42. The lowest BCUT2D eigenvalue weighted by atomic mass is 9.80. The van der Waals surface area contributed by atoms with Crippen LogP contribution in [0.5, 0.6) is 0 Å². The van der Waals surface area contributed by atoms with Gasteiger partial charge in [-0.05, 0) is 43.7 Å². The molecule has 104 valence electrons. The second-order valence-electron chi connectivity index (χ2n) is 5.89. The highest BCUT2D eigenvalue weighted by Crippen LogP contribution is 2.44. The van der Waals surface area contributed by atoms with Crippen molar-refractivity contribution in [3.63, 3.8) is 0 Å². The van der Waals surface area contributed by atoms with Crippen LogP contribution >= 0.6 is 0 Å². The van der Waals surface area contributed by atoms with Crippen LogP contribution in [-0.4, -0.2) is 17.2 Å². The van der Waals surface area contributed by atoms with Gasteiger partial charge in [-0.2, -0.15) is 0 Å². The second kappa shape index (κ2) is 5.57. The molecule has 2 heterocycles. The maximum atomic E-state index is 6.10. The summed E-state index contributed by atoms with van der Waals surface area (Å²) in [5, 5.41) is 0. The highest BCUT2D eigenvalue weighted by molar-refractivity contribution is 5.11. The van der Waals surface area contributed by atoms with Gasteiger partial charge in [-0.15, -0.1) is 0 Å². The van der Waals surface area contributed by atoms with Gasteiger partial charge >= 0.3 is 0 Å². The number of nitrogens with zero attached hydrogens (tertiary/aromatic N) is 1. The van der Waals surface area contributed by atoms with Gasteiger partial charge in [-0.3, -0.25) is 16.3 Å². The molecule has 0 aromatic carbocycles. The van der Waals surface area contributed by atoms with Crippen molar-refractivity contribution < 1.29 is 4.74 Å². The zero-order valence-corrected chi connectivity index (χ0v) is 11.3. The van der Waals surface area contributed by atoms with Crippen LogP contribution in [0.4, 0.5) is 0 Å². The summed E-state index contributed by atoms with van der Waals surface area (Å²) in [6.45, 7) is 0.857. The van der Waals surface area contributed by atoms with E-state index in [0.29, 0.717) is 5.92 Å². The van der Waals surface area contributed by atoms with E-state index in [9.17, 15) is 0 Å². The average Bonchev–Trinajstić information content (AvgIpc) is 2.89. The second-order valence-corrected chi connectivity index (χ2v) is 5.89. The number of hydrazine groups is 1. The molecule has 1 aliphatic heterocycles.